The van der Waals surface area contributed by atoms with Crippen molar-refractivity contribution < 1.29 is 19.1 Å². The molecule has 0 N–H and O–H groups in total. The van der Waals surface area contributed by atoms with Gasteiger partial charge in [0.15, 0.2) is 6.10 Å². The first kappa shape index (κ1) is 17.0. The quantitative estimate of drug-likeness (QED) is 0.594. The van der Waals surface area contributed by atoms with Crippen LogP contribution in [0.25, 0.3) is 0 Å². The van der Waals surface area contributed by atoms with Gasteiger partial charge in [-0.2, -0.15) is 0 Å². The number of esters is 2. The van der Waals surface area contributed by atoms with Crippen LogP contribution < -0.4 is 0 Å². The van der Waals surface area contributed by atoms with Gasteiger partial charge in [0.25, 0.3) is 0 Å². The lowest BCUT2D eigenvalue weighted by Gasteiger charge is -2.19. The third-order valence-corrected chi connectivity index (χ3v) is 3.04. The van der Waals surface area contributed by atoms with Crippen molar-refractivity contribution in [3.05, 3.63) is 47.5 Å². The number of hydrogen-bond acceptors (Lipinski definition) is 4. The Kier molecular flexibility index (Phi) is 6.15. The third-order valence-electron chi connectivity index (χ3n) is 3.04. The minimum atomic E-state index is -0.817. The summed E-state index contributed by atoms with van der Waals surface area (Å²) in [7, 11) is 0. The lowest BCUT2D eigenvalue weighted by atomic mass is 9.97. The van der Waals surface area contributed by atoms with E-state index in [4.69, 9.17) is 9.47 Å². The Morgan fingerprint density at radius 2 is 1.67 bits per heavy atom. The molecule has 4 heteroatoms. The highest BCUT2D eigenvalue weighted by Gasteiger charge is 2.24. The van der Waals surface area contributed by atoms with Crippen molar-refractivity contribution in [2.75, 3.05) is 6.61 Å². The molecule has 4 nitrogen and oxygen atoms in total. The molecule has 1 aromatic rings. The number of ether oxygens (including phenoxy) is 2. The molecule has 0 aliphatic carbocycles. The lowest BCUT2D eigenvalue weighted by Crippen LogP contribution is -2.18. The molecule has 0 saturated carbocycles. The Bertz CT molecular complexity index is 514. The van der Waals surface area contributed by atoms with E-state index in [-0.39, 0.29) is 12.2 Å². The summed E-state index contributed by atoms with van der Waals surface area (Å²) in [6.45, 7) is 11.2. The molecular weight excluding hydrogens is 268 g/mol. The maximum absolute atomic E-state index is 11.8. The molecule has 0 amide bonds. The van der Waals surface area contributed by atoms with Gasteiger partial charge in [-0.05, 0) is 24.0 Å². The van der Waals surface area contributed by atoms with E-state index in [1.165, 1.54) is 12.5 Å². The maximum Gasteiger partial charge on any atom is 0.337 e. The molecule has 0 fully saturated rings. The number of carbonyl (C=O) groups is 2. The molecule has 21 heavy (non-hydrogen) atoms. The Balaban J connectivity index is 3.04. The van der Waals surface area contributed by atoms with Crippen LogP contribution in [0.5, 0.6) is 0 Å². The first-order chi connectivity index (χ1) is 9.86. The zero-order chi connectivity index (χ0) is 16.0. The fourth-order valence-corrected chi connectivity index (χ4v) is 1.89. The molecule has 1 unspecified atom stereocenters. The van der Waals surface area contributed by atoms with E-state index in [2.05, 4.69) is 20.4 Å². The number of hydrogen-bond donors (Lipinski definition) is 0. The minimum absolute atomic E-state index is 0.115. The molecule has 0 aliphatic rings. The SMILES string of the molecule is C=C(C(=O)OCC)C(OC(C)=O)c1ccc(C(C)C)cc1. The molecule has 0 aromatic heterocycles. The predicted molar refractivity (Wildman–Crippen MR) is 80.8 cm³/mol. The second-order valence-electron chi connectivity index (χ2n) is 5.06. The number of benzene rings is 1. The number of rotatable bonds is 6. The van der Waals surface area contributed by atoms with Gasteiger partial charge in [-0.25, -0.2) is 4.79 Å². The normalized spacial score (nSPS) is 11.9. The summed E-state index contributed by atoms with van der Waals surface area (Å²) >= 11 is 0. The van der Waals surface area contributed by atoms with E-state index in [0.717, 1.165) is 0 Å². The van der Waals surface area contributed by atoms with Crippen molar-refractivity contribution in [3.8, 4) is 0 Å². The molecule has 0 bridgehead atoms. The average molecular weight is 290 g/mol. The Morgan fingerprint density at radius 3 is 2.10 bits per heavy atom. The molecule has 0 saturated heterocycles. The highest BCUT2D eigenvalue weighted by molar-refractivity contribution is 5.89. The smallest absolute Gasteiger partial charge is 0.337 e. The van der Waals surface area contributed by atoms with Gasteiger partial charge in [-0.3, -0.25) is 4.79 Å². The fraction of sp³-hybridized carbons (Fsp3) is 0.412. The van der Waals surface area contributed by atoms with Crippen molar-refractivity contribution in [2.24, 2.45) is 0 Å². The Hall–Kier alpha value is -2.10. The van der Waals surface area contributed by atoms with Crippen molar-refractivity contribution >= 4 is 11.9 Å². The van der Waals surface area contributed by atoms with Crippen LogP contribution in [0.1, 0.15) is 50.8 Å². The van der Waals surface area contributed by atoms with Crippen LogP contribution in [0.2, 0.25) is 0 Å². The van der Waals surface area contributed by atoms with Gasteiger partial charge in [-0.1, -0.05) is 44.7 Å². The highest BCUT2D eigenvalue weighted by Crippen LogP contribution is 2.27. The topological polar surface area (TPSA) is 52.6 Å². The molecular formula is C17H22O4. The molecule has 0 radical (unpaired) electrons. The zero-order valence-electron chi connectivity index (χ0n) is 13.0. The monoisotopic (exact) mass is 290 g/mol. The van der Waals surface area contributed by atoms with Crippen molar-refractivity contribution in [2.45, 2.75) is 39.7 Å². The summed E-state index contributed by atoms with van der Waals surface area (Å²) in [6.07, 6.45) is -0.817. The van der Waals surface area contributed by atoms with Gasteiger partial charge in [-0.15, -0.1) is 0 Å². The van der Waals surface area contributed by atoms with Crippen LogP contribution in [0.4, 0.5) is 0 Å². The lowest BCUT2D eigenvalue weighted by molar-refractivity contribution is -0.147. The van der Waals surface area contributed by atoms with Crippen LogP contribution in [0, 0.1) is 0 Å². The molecule has 0 heterocycles. The van der Waals surface area contributed by atoms with E-state index < -0.39 is 18.0 Å². The number of carbonyl (C=O) groups excluding carboxylic acids is 2. The van der Waals surface area contributed by atoms with Gasteiger partial charge >= 0.3 is 11.9 Å². The molecule has 1 rings (SSSR count). The van der Waals surface area contributed by atoms with E-state index in [1.54, 1.807) is 6.92 Å². The van der Waals surface area contributed by atoms with Gasteiger partial charge < -0.3 is 9.47 Å². The summed E-state index contributed by atoms with van der Waals surface area (Å²) in [5.74, 6) is -0.630. The van der Waals surface area contributed by atoms with Gasteiger partial charge in [0.05, 0.1) is 12.2 Å². The molecule has 1 aromatic carbocycles. The van der Waals surface area contributed by atoms with Gasteiger partial charge in [0.2, 0.25) is 0 Å². The summed E-state index contributed by atoms with van der Waals surface area (Å²) in [6, 6.07) is 7.59. The first-order valence-corrected chi connectivity index (χ1v) is 6.99. The first-order valence-electron chi connectivity index (χ1n) is 6.99. The maximum atomic E-state index is 11.8. The largest absolute Gasteiger partial charge is 0.463 e. The molecule has 114 valence electrons. The Morgan fingerprint density at radius 1 is 1.14 bits per heavy atom. The third kappa shape index (κ3) is 4.74. The second kappa shape index (κ2) is 7.62. The van der Waals surface area contributed by atoms with Crippen molar-refractivity contribution in [1.29, 1.82) is 0 Å². The minimum Gasteiger partial charge on any atom is -0.463 e. The average Bonchev–Trinajstić information content (AvgIpc) is 2.44. The van der Waals surface area contributed by atoms with Crippen LogP contribution >= 0.6 is 0 Å². The van der Waals surface area contributed by atoms with Crippen LogP contribution in [0.15, 0.2) is 36.4 Å². The Labute approximate surface area is 125 Å². The summed E-state index contributed by atoms with van der Waals surface area (Å²) in [5, 5.41) is 0. The van der Waals surface area contributed by atoms with E-state index >= 15 is 0 Å². The van der Waals surface area contributed by atoms with Crippen molar-refractivity contribution in [3.63, 3.8) is 0 Å². The summed E-state index contributed by atoms with van der Waals surface area (Å²) < 4.78 is 10.1. The van der Waals surface area contributed by atoms with Crippen molar-refractivity contribution in [1.82, 2.24) is 0 Å². The second-order valence-corrected chi connectivity index (χ2v) is 5.06. The summed E-state index contributed by atoms with van der Waals surface area (Å²) in [4.78, 5) is 23.1. The summed E-state index contributed by atoms with van der Waals surface area (Å²) in [5.41, 5.74) is 1.99. The molecule has 0 spiro atoms. The van der Waals surface area contributed by atoms with E-state index in [0.29, 0.717) is 11.5 Å². The predicted octanol–water partition coefficient (Wildman–Crippen LogP) is 3.53. The molecule has 0 aliphatic heterocycles. The van der Waals surface area contributed by atoms with Gasteiger partial charge in [0, 0.05) is 6.92 Å². The highest BCUT2D eigenvalue weighted by atomic mass is 16.6. The van der Waals surface area contributed by atoms with Crippen LogP contribution in [0.3, 0.4) is 0 Å². The fourth-order valence-electron chi connectivity index (χ4n) is 1.89. The van der Waals surface area contributed by atoms with E-state index in [9.17, 15) is 9.59 Å². The van der Waals surface area contributed by atoms with E-state index in [1.807, 2.05) is 24.3 Å². The van der Waals surface area contributed by atoms with Gasteiger partial charge in [0.1, 0.15) is 0 Å². The molecule has 1 atom stereocenters. The standard InChI is InChI=1S/C17H22O4/c1-6-20-17(19)12(4)16(21-13(5)18)15-9-7-14(8-10-15)11(2)3/h7-11,16H,4,6H2,1-3,5H3. The zero-order valence-corrected chi connectivity index (χ0v) is 13.0. The van der Waals surface area contributed by atoms with Crippen LogP contribution in [-0.4, -0.2) is 18.5 Å². The van der Waals surface area contributed by atoms with Crippen LogP contribution in [-0.2, 0) is 19.1 Å².